The van der Waals surface area contributed by atoms with Gasteiger partial charge in [-0.25, -0.2) is 0 Å². The molecule has 0 radical (unpaired) electrons. The van der Waals surface area contributed by atoms with Crippen LogP contribution in [0.25, 0.3) is 10.9 Å². The highest BCUT2D eigenvalue weighted by Gasteiger charge is 2.05. The molecule has 0 aliphatic rings. The van der Waals surface area contributed by atoms with E-state index in [1.807, 2.05) is 48.7 Å². The first-order valence-corrected chi connectivity index (χ1v) is 7.12. The lowest BCUT2D eigenvalue weighted by Gasteiger charge is -2.12. The van der Waals surface area contributed by atoms with E-state index in [-0.39, 0.29) is 0 Å². The van der Waals surface area contributed by atoms with Gasteiger partial charge < -0.3 is 10.5 Å². The van der Waals surface area contributed by atoms with Crippen LogP contribution in [0.3, 0.4) is 0 Å². The van der Waals surface area contributed by atoms with Crippen LogP contribution in [0.15, 0.2) is 60.8 Å². The summed E-state index contributed by atoms with van der Waals surface area (Å²) in [6.07, 6.45) is 2.65. The van der Waals surface area contributed by atoms with Gasteiger partial charge in [0.15, 0.2) is 0 Å². The normalized spacial score (nSPS) is 10.7. The number of para-hydroxylation sites is 2. The summed E-state index contributed by atoms with van der Waals surface area (Å²) in [6.45, 7) is 1.16. The predicted molar refractivity (Wildman–Crippen MR) is 85.3 cm³/mol. The minimum absolute atomic E-state index is 0.532. The summed E-state index contributed by atoms with van der Waals surface area (Å²) in [4.78, 5) is 4.37. The standard InChI is InChI=1S/C18H18N2O/c19-11-9-14-5-1-4-8-18(14)21-13-15-10-12-20-17-7-3-2-6-16(15)17/h1-8,10,12H,9,11,13,19H2. The summed E-state index contributed by atoms with van der Waals surface area (Å²) < 4.78 is 6.00. The van der Waals surface area contributed by atoms with Crippen molar-refractivity contribution in [3.05, 3.63) is 71.9 Å². The molecule has 3 rings (SSSR count). The highest BCUT2D eigenvalue weighted by molar-refractivity contribution is 5.81. The Morgan fingerprint density at radius 2 is 1.71 bits per heavy atom. The van der Waals surface area contributed by atoms with Crippen molar-refractivity contribution < 1.29 is 4.74 Å². The SMILES string of the molecule is NCCc1ccccc1OCc1ccnc2ccccc12. The Labute approximate surface area is 124 Å². The van der Waals surface area contributed by atoms with Crippen LogP contribution in [0, 0.1) is 0 Å². The number of pyridine rings is 1. The van der Waals surface area contributed by atoms with Gasteiger partial charge in [-0.2, -0.15) is 0 Å². The van der Waals surface area contributed by atoms with Gasteiger partial charge >= 0.3 is 0 Å². The van der Waals surface area contributed by atoms with Crippen LogP contribution in [0.2, 0.25) is 0 Å². The van der Waals surface area contributed by atoms with Crippen LogP contribution < -0.4 is 10.5 Å². The fourth-order valence-corrected chi connectivity index (χ4v) is 2.44. The molecule has 0 spiro atoms. The molecule has 3 aromatic rings. The Kier molecular flexibility index (Phi) is 4.12. The maximum atomic E-state index is 6.00. The van der Waals surface area contributed by atoms with E-state index in [2.05, 4.69) is 17.1 Å². The molecule has 21 heavy (non-hydrogen) atoms. The number of aromatic nitrogens is 1. The molecule has 0 bridgehead atoms. The molecule has 0 amide bonds. The highest BCUT2D eigenvalue weighted by atomic mass is 16.5. The van der Waals surface area contributed by atoms with Gasteiger partial charge in [-0.1, -0.05) is 36.4 Å². The zero-order chi connectivity index (χ0) is 14.5. The lowest BCUT2D eigenvalue weighted by atomic mass is 10.1. The van der Waals surface area contributed by atoms with E-state index in [9.17, 15) is 0 Å². The third-order valence-corrected chi connectivity index (χ3v) is 3.51. The molecule has 0 aliphatic carbocycles. The van der Waals surface area contributed by atoms with Crippen molar-refractivity contribution in [3.8, 4) is 5.75 Å². The minimum Gasteiger partial charge on any atom is -0.489 e. The quantitative estimate of drug-likeness (QED) is 0.779. The molecule has 1 heterocycles. The minimum atomic E-state index is 0.532. The van der Waals surface area contributed by atoms with Gasteiger partial charge in [-0.3, -0.25) is 4.98 Å². The molecule has 106 valence electrons. The number of fused-ring (bicyclic) bond motifs is 1. The molecule has 3 heteroatoms. The van der Waals surface area contributed by atoms with Gasteiger partial charge in [-0.15, -0.1) is 0 Å². The lowest BCUT2D eigenvalue weighted by molar-refractivity contribution is 0.304. The summed E-state index contributed by atoms with van der Waals surface area (Å²) in [5, 5.41) is 1.14. The van der Waals surface area contributed by atoms with Gasteiger partial charge in [0.05, 0.1) is 5.52 Å². The summed E-state index contributed by atoms with van der Waals surface area (Å²) in [6, 6.07) is 18.2. The molecule has 1 aromatic heterocycles. The number of rotatable bonds is 5. The second kappa shape index (κ2) is 6.37. The van der Waals surface area contributed by atoms with E-state index in [0.29, 0.717) is 13.2 Å². The van der Waals surface area contributed by atoms with E-state index >= 15 is 0 Å². The van der Waals surface area contributed by atoms with Crippen molar-refractivity contribution in [2.24, 2.45) is 5.73 Å². The topological polar surface area (TPSA) is 48.1 Å². The number of hydrogen-bond acceptors (Lipinski definition) is 3. The summed E-state index contributed by atoms with van der Waals surface area (Å²) in [7, 11) is 0. The van der Waals surface area contributed by atoms with Crippen molar-refractivity contribution in [1.82, 2.24) is 4.98 Å². The molecule has 0 unspecified atom stereocenters. The van der Waals surface area contributed by atoms with E-state index in [0.717, 1.165) is 34.2 Å². The second-order valence-corrected chi connectivity index (χ2v) is 4.92. The van der Waals surface area contributed by atoms with Crippen LogP contribution in [-0.4, -0.2) is 11.5 Å². The Hall–Kier alpha value is -2.39. The molecule has 3 nitrogen and oxygen atoms in total. The van der Waals surface area contributed by atoms with Crippen LogP contribution in [0.1, 0.15) is 11.1 Å². The van der Waals surface area contributed by atoms with Crippen molar-refractivity contribution in [2.75, 3.05) is 6.54 Å². The number of nitrogens with zero attached hydrogens (tertiary/aromatic N) is 1. The highest BCUT2D eigenvalue weighted by Crippen LogP contribution is 2.22. The zero-order valence-corrected chi connectivity index (χ0v) is 11.8. The lowest BCUT2D eigenvalue weighted by Crippen LogP contribution is -2.05. The predicted octanol–water partition coefficient (Wildman–Crippen LogP) is 3.32. The zero-order valence-electron chi connectivity index (χ0n) is 11.8. The molecule has 2 N–H and O–H groups in total. The molecule has 0 fully saturated rings. The van der Waals surface area contributed by atoms with Gasteiger partial charge in [-0.05, 0) is 36.7 Å². The maximum absolute atomic E-state index is 6.00. The molecular formula is C18H18N2O. The summed E-state index contributed by atoms with van der Waals surface area (Å²) in [5.74, 6) is 0.906. The smallest absolute Gasteiger partial charge is 0.123 e. The van der Waals surface area contributed by atoms with Crippen LogP contribution >= 0.6 is 0 Å². The largest absolute Gasteiger partial charge is 0.489 e. The second-order valence-electron chi connectivity index (χ2n) is 4.92. The Morgan fingerprint density at radius 3 is 2.62 bits per heavy atom. The Bertz CT molecular complexity index is 735. The van der Waals surface area contributed by atoms with Gasteiger partial charge in [0, 0.05) is 17.1 Å². The molecule has 2 aromatic carbocycles. The summed E-state index contributed by atoms with van der Waals surface area (Å²) >= 11 is 0. The van der Waals surface area contributed by atoms with Gasteiger partial charge in [0.2, 0.25) is 0 Å². The number of benzene rings is 2. The van der Waals surface area contributed by atoms with Crippen LogP contribution in [-0.2, 0) is 13.0 Å². The monoisotopic (exact) mass is 278 g/mol. The van der Waals surface area contributed by atoms with Crippen molar-refractivity contribution in [1.29, 1.82) is 0 Å². The molecular weight excluding hydrogens is 260 g/mol. The van der Waals surface area contributed by atoms with Gasteiger partial charge in [0.25, 0.3) is 0 Å². The van der Waals surface area contributed by atoms with E-state index in [4.69, 9.17) is 10.5 Å². The summed E-state index contributed by atoms with van der Waals surface area (Å²) in [5.41, 5.74) is 8.93. The van der Waals surface area contributed by atoms with E-state index < -0.39 is 0 Å². The first-order chi connectivity index (χ1) is 10.4. The van der Waals surface area contributed by atoms with Gasteiger partial charge in [0.1, 0.15) is 12.4 Å². The van der Waals surface area contributed by atoms with Crippen molar-refractivity contribution >= 4 is 10.9 Å². The maximum Gasteiger partial charge on any atom is 0.123 e. The third-order valence-electron chi connectivity index (χ3n) is 3.51. The Morgan fingerprint density at radius 1 is 0.905 bits per heavy atom. The van der Waals surface area contributed by atoms with E-state index in [1.165, 1.54) is 0 Å². The van der Waals surface area contributed by atoms with Crippen LogP contribution in [0.4, 0.5) is 0 Å². The molecule has 0 saturated carbocycles. The third kappa shape index (κ3) is 3.03. The van der Waals surface area contributed by atoms with Crippen molar-refractivity contribution in [2.45, 2.75) is 13.0 Å². The van der Waals surface area contributed by atoms with Crippen LogP contribution in [0.5, 0.6) is 5.75 Å². The number of ether oxygens (including phenoxy) is 1. The first kappa shape index (κ1) is 13.6. The Balaban J connectivity index is 1.84. The average molecular weight is 278 g/mol. The molecule has 0 atom stereocenters. The van der Waals surface area contributed by atoms with Crippen molar-refractivity contribution in [3.63, 3.8) is 0 Å². The fourth-order valence-electron chi connectivity index (χ4n) is 2.44. The molecule has 0 saturated heterocycles. The fraction of sp³-hybridized carbons (Fsp3) is 0.167. The molecule has 0 aliphatic heterocycles. The first-order valence-electron chi connectivity index (χ1n) is 7.12. The van der Waals surface area contributed by atoms with E-state index in [1.54, 1.807) is 0 Å². The average Bonchev–Trinajstić information content (AvgIpc) is 2.54. The number of nitrogens with two attached hydrogens (primary N) is 1. The number of hydrogen-bond donors (Lipinski definition) is 1.